The fourth-order valence-corrected chi connectivity index (χ4v) is 3.21. The topological polar surface area (TPSA) is 84.9 Å². The Hall–Kier alpha value is -2.74. The molecular formula is C18H22N2O5S. The Morgan fingerprint density at radius 2 is 1.65 bits per heavy atom. The molecule has 0 atom stereocenters. The maximum absolute atomic E-state index is 12.4. The van der Waals surface area contributed by atoms with Crippen LogP contribution in [0.25, 0.3) is 0 Å². The summed E-state index contributed by atoms with van der Waals surface area (Å²) in [6.07, 6.45) is 1.07. The third-order valence-corrected chi connectivity index (χ3v) is 4.82. The summed E-state index contributed by atoms with van der Waals surface area (Å²) in [6.45, 7) is 1.56. The molecule has 2 rings (SSSR count). The van der Waals surface area contributed by atoms with E-state index in [-0.39, 0.29) is 6.54 Å². The highest BCUT2D eigenvalue weighted by Gasteiger charge is 2.21. The molecule has 0 bridgehead atoms. The SMILES string of the molecule is COc1ccc(NC(=O)CN(c2ccc(C)cc2)S(C)(=O)=O)cc1OC. The normalized spacial score (nSPS) is 10.9. The molecule has 0 spiro atoms. The van der Waals surface area contributed by atoms with Crippen molar-refractivity contribution in [3.63, 3.8) is 0 Å². The average Bonchev–Trinajstić information content (AvgIpc) is 2.59. The van der Waals surface area contributed by atoms with Crippen LogP contribution in [-0.2, 0) is 14.8 Å². The summed E-state index contributed by atoms with van der Waals surface area (Å²) in [5.74, 6) is 0.523. The fourth-order valence-electron chi connectivity index (χ4n) is 2.36. The van der Waals surface area contributed by atoms with Crippen LogP contribution in [-0.4, -0.2) is 41.3 Å². The van der Waals surface area contributed by atoms with E-state index in [0.29, 0.717) is 22.9 Å². The van der Waals surface area contributed by atoms with Crippen LogP contribution in [0, 0.1) is 6.92 Å². The van der Waals surface area contributed by atoms with Crippen LogP contribution in [0.5, 0.6) is 11.5 Å². The van der Waals surface area contributed by atoms with Gasteiger partial charge in [0.2, 0.25) is 15.9 Å². The number of hydrogen-bond donors (Lipinski definition) is 1. The quantitative estimate of drug-likeness (QED) is 0.800. The Morgan fingerprint density at radius 3 is 2.19 bits per heavy atom. The number of hydrogen-bond acceptors (Lipinski definition) is 5. The Kier molecular flexibility index (Phi) is 6.10. The van der Waals surface area contributed by atoms with Crippen molar-refractivity contribution in [3.8, 4) is 11.5 Å². The van der Waals surface area contributed by atoms with Crippen molar-refractivity contribution in [1.29, 1.82) is 0 Å². The van der Waals surface area contributed by atoms with Crippen LogP contribution >= 0.6 is 0 Å². The minimum absolute atomic E-state index is 0.337. The number of nitrogens with zero attached hydrogens (tertiary/aromatic N) is 1. The van der Waals surface area contributed by atoms with Crippen molar-refractivity contribution in [2.24, 2.45) is 0 Å². The summed E-state index contributed by atoms with van der Waals surface area (Å²) in [7, 11) is -0.606. The number of methoxy groups -OCH3 is 2. The van der Waals surface area contributed by atoms with Crippen molar-refractivity contribution in [2.75, 3.05) is 36.6 Å². The van der Waals surface area contributed by atoms with Gasteiger partial charge in [-0.25, -0.2) is 8.42 Å². The van der Waals surface area contributed by atoms with Crippen LogP contribution in [0.3, 0.4) is 0 Å². The van der Waals surface area contributed by atoms with E-state index in [1.807, 2.05) is 6.92 Å². The molecule has 2 aromatic rings. The summed E-state index contributed by atoms with van der Waals surface area (Å²) >= 11 is 0. The number of carbonyl (C=O) groups excluding carboxylic acids is 1. The molecule has 7 nitrogen and oxygen atoms in total. The lowest BCUT2D eigenvalue weighted by Crippen LogP contribution is -2.37. The molecule has 1 N–H and O–H groups in total. The number of benzene rings is 2. The number of amides is 1. The number of sulfonamides is 1. The zero-order valence-corrected chi connectivity index (χ0v) is 16.0. The number of anilines is 2. The number of rotatable bonds is 7. The smallest absolute Gasteiger partial charge is 0.245 e. The fraction of sp³-hybridized carbons (Fsp3) is 0.278. The average molecular weight is 378 g/mol. The lowest BCUT2D eigenvalue weighted by Gasteiger charge is -2.22. The maximum Gasteiger partial charge on any atom is 0.245 e. The second-order valence-electron chi connectivity index (χ2n) is 5.72. The van der Waals surface area contributed by atoms with Crippen molar-refractivity contribution >= 4 is 27.3 Å². The molecule has 2 aromatic carbocycles. The highest BCUT2D eigenvalue weighted by Crippen LogP contribution is 2.29. The highest BCUT2D eigenvalue weighted by atomic mass is 32.2. The molecule has 0 heterocycles. The zero-order valence-electron chi connectivity index (χ0n) is 15.1. The van der Waals surface area contributed by atoms with Gasteiger partial charge in [0.25, 0.3) is 0 Å². The van der Waals surface area contributed by atoms with E-state index in [1.54, 1.807) is 42.5 Å². The monoisotopic (exact) mass is 378 g/mol. The summed E-state index contributed by atoms with van der Waals surface area (Å²) in [4.78, 5) is 12.4. The molecule has 26 heavy (non-hydrogen) atoms. The van der Waals surface area contributed by atoms with E-state index in [4.69, 9.17) is 9.47 Å². The van der Waals surface area contributed by atoms with Gasteiger partial charge in [-0.05, 0) is 31.2 Å². The Bertz CT molecular complexity index is 879. The predicted molar refractivity (Wildman–Crippen MR) is 102 cm³/mol. The lowest BCUT2D eigenvalue weighted by atomic mass is 10.2. The predicted octanol–water partition coefficient (Wildman–Crippen LogP) is 2.42. The first-order valence-electron chi connectivity index (χ1n) is 7.81. The van der Waals surface area contributed by atoms with E-state index in [1.165, 1.54) is 14.2 Å². The molecule has 0 saturated heterocycles. The molecular weight excluding hydrogens is 356 g/mol. The third kappa shape index (κ3) is 4.89. The summed E-state index contributed by atoms with van der Waals surface area (Å²) < 4.78 is 35.6. The van der Waals surface area contributed by atoms with Crippen LogP contribution in [0.4, 0.5) is 11.4 Å². The molecule has 8 heteroatoms. The van der Waals surface area contributed by atoms with Gasteiger partial charge in [0, 0.05) is 11.8 Å². The second-order valence-corrected chi connectivity index (χ2v) is 7.63. The number of nitrogens with one attached hydrogen (secondary N) is 1. The molecule has 0 aliphatic carbocycles. The van der Waals surface area contributed by atoms with Gasteiger partial charge in [0.1, 0.15) is 6.54 Å². The summed E-state index contributed by atoms with van der Waals surface area (Å²) in [6, 6.07) is 11.8. The van der Waals surface area contributed by atoms with Gasteiger partial charge in [-0.3, -0.25) is 9.10 Å². The van der Waals surface area contributed by atoms with Gasteiger partial charge in [-0.1, -0.05) is 17.7 Å². The molecule has 140 valence electrons. The van der Waals surface area contributed by atoms with E-state index >= 15 is 0 Å². The lowest BCUT2D eigenvalue weighted by molar-refractivity contribution is -0.114. The first-order chi connectivity index (χ1) is 12.2. The molecule has 0 unspecified atom stereocenters. The number of carbonyl (C=O) groups is 1. The van der Waals surface area contributed by atoms with Crippen molar-refractivity contribution in [2.45, 2.75) is 6.92 Å². The zero-order chi connectivity index (χ0) is 19.3. The first kappa shape index (κ1) is 19.6. The molecule has 0 radical (unpaired) electrons. The van der Waals surface area contributed by atoms with Crippen LogP contribution in [0.15, 0.2) is 42.5 Å². The summed E-state index contributed by atoms with van der Waals surface area (Å²) in [5, 5.41) is 2.67. The Balaban J connectivity index is 2.19. The van der Waals surface area contributed by atoms with E-state index < -0.39 is 15.9 Å². The highest BCUT2D eigenvalue weighted by molar-refractivity contribution is 7.92. The van der Waals surface area contributed by atoms with Gasteiger partial charge >= 0.3 is 0 Å². The van der Waals surface area contributed by atoms with Crippen LogP contribution in [0.1, 0.15) is 5.56 Å². The first-order valence-corrected chi connectivity index (χ1v) is 9.65. The Labute approximate surface area is 153 Å². The minimum Gasteiger partial charge on any atom is -0.493 e. The Morgan fingerprint density at radius 1 is 1.04 bits per heavy atom. The van der Waals surface area contributed by atoms with E-state index in [9.17, 15) is 13.2 Å². The maximum atomic E-state index is 12.4. The standard InChI is InChI=1S/C18H22N2O5S/c1-13-5-8-15(9-6-13)20(26(4,22)23)12-18(21)19-14-7-10-16(24-2)17(11-14)25-3/h5-11H,12H2,1-4H3,(H,19,21). The minimum atomic E-state index is -3.61. The van der Waals surface area contributed by atoms with Gasteiger partial charge in [-0.15, -0.1) is 0 Å². The van der Waals surface area contributed by atoms with Crippen molar-refractivity contribution in [3.05, 3.63) is 48.0 Å². The molecule has 0 aliphatic heterocycles. The van der Waals surface area contributed by atoms with Crippen LogP contribution in [0.2, 0.25) is 0 Å². The second kappa shape index (κ2) is 8.09. The summed E-state index contributed by atoms with van der Waals surface area (Å²) in [5.41, 5.74) is 1.91. The number of ether oxygens (including phenoxy) is 2. The molecule has 0 aliphatic rings. The van der Waals surface area contributed by atoms with Crippen LogP contribution < -0.4 is 19.1 Å². The van der Waals surface area contributed by atoms with E-state index in [0.717, 1.165) is 16.1 Å². The molecule has 1 amide bonds. The van der Waals surface area contributed by atoms with Gasteiger partial charge in [-0.2, -0.15) is 0 Å². The molecule has 0 saturated carbocycles. The van der Waals surface area contributed by atoms with Gasteiger partial charge in [0.05, 0.1) is 26.2 Å². The van der Waals surface area contributed by atoms with Gasteiger partial charge in [0.15, 0.2) is 11.5 Å². The van der Waals surface area contributed by atoms with E-state index in [2.05, 4.69) is 5.32 Å². The van der Waals surface area contributed by atoms with Gasteiger partial charge < -0.3 is 14.8 Å². The molecule has 0 fully saturated rings. The third-order valence-electron chi connectivity index (χ3n) is 3.68. The van der Waals surface area contributed by atoms with Crippen molar-refractivity contribution < 1.29 is 22.7 Å². The largest absolute Gasteiger partial charge is 0.493 e. The van der Waals surface area contributed by atoms with Crippen molar-refractivity contribution in [1.82, 2.24) is 0 Å². The number of aryl methyl sites for hydroxylation is 1. The molecule has 0 aromatic heterocycles.